The number of amidine groups is 1. The fourth-order valence-corrected chi connectivity index (χ4v) is 5.51. The Balaban J connectivity index is 1.67. The highest BCUT2D eigenvalue weighted by molar-refractivity contribution is 8.16. The lowest BCUT2D eigenvalue weighted by molar-refractivity contribution is -0.139. The Kier molecular flexibility index (Phi) is 7.48. The van der Waals surface area contributed by atoms with Gasteiger partial charge >= 0.3 is 5.97 Å². The first-order valence-electron chi connectivity index (χ1n) is 12.0. The predicted octanol–water partition coefficient (Wildman–Crippen LogP) is 4.11. The summed E-state index contributed by atoms with van der Waals surface area (Å²) in [5, 5.41) is 2.80. The fraction of sp³-hybridized carbons (Fsp3) is 0.500. The molecule has 0 bridgehead atoms. The molecule has 1 aromatic rings. The summed E-state index contributed by atoms with van der Waals surface area (Å²) in [6.45, 7) is 11.5. The quantitative estimate of drug-likeness (QED) is 0.569. The zero-order valence-electron chi connectivity index (χ0n) is 20.7. The number of hydrogen-bond acceptors (Lipinski definition) is 7. The van der Waals surface area contributed by atoms with Gasteiger partial charge in [-0.25, -0.2) is 9.79 Å². The van der Waals surface area contributed by atoms with E-state index in [0.29, 0.717) is 23.8 Å². The Hall–Kier alpha value is -2.58. The Morgan fingerprint density at radius 1 is 1.15 bits per heavy atom. The van der Waals surface area contributed by atoms with Crippen molar-refractivity contribution in [1.29, 1.82) is 0 Å². The van der Waals surface area contributed by atoms with E-state index in [1.54, 1.807) is 0 Å². The normalized spacial score (nSPS) is 20.9. The molecule has 7 nitrogen and oxygen atoms in total. The molecule has 0 aliphatic carbocycles. The van der Waals surface area contributed by atoms with Crippen molar-refractivity contribution in [3.8, 4) is 0 Å². The Morgan fingerprint density at radius 3 is 2.44 bits per heavy atom. The lowest BCUT2D eigenvalue weighted by atomic mass is 9.92. The highest BCUT2D eigenvalue weighted by atomic mass is 32.2. The number of carbonyl (C=O) groups is 2. The van der Waals surface area contributed by atoms with E-state index in [2.05, 4.69) is 55.0 Å². The maximum absolute atomic E-state index is 13.2. The number of nitrogens with zero attached hydrogens (tertiary/aromatic N) is 4. The number of esters is 1. The van der Waals surface area contributed by atoms with E-state index in [0.717, 1.165) is 42.6 Å². The maximum Gasteiger partial charge on any atom is 0.338 e. The van der Waals surface area contributed by atoms with Crippen LogP contribution in [0.2, 0.25) is 0 Å². The van der Waals surface area contributed by atoms with Gasteiger partial charge < -0.3 is 19.4 Å². The van der Waals surface area contributed by atoms with Gasteiger partial charge in [0, 0.05) is 31.9 Å². The number of rotatable bonds is 6. The van der Waals surface area contributed by atoms with Crippen molar-refractivity contribution in [2.75, 3.05) is 39.8 Å². The molecule has 182 valence electrons. The number of amides is 1. The van der Waals surface area contributed by atoms with Crippen LogP contribution in [-0.2, 0) is 14.3 Å². The van der Waals surface area contributed by atoms with E-state index in [-0.39, 0.29) is 24.3 Å². The summed E-state index contributed by atoms with van der Waals surface area (Å²) in [6.07, 6.45) is 0.283. The molecule has 1 aromatic carbocycles. The zero-order chi connectivity index (χ0) is 24.4. The van der Waals surface area contributed by atoms with E-state index >= 15 is 0 Å². The summed E-state index contributed by atoms with van der Waals surface area (Å²) in [7, 11) is 2.08. The van der Waals surface area contributed by atoms with Gasteiger partial charge in [-0.1, -0.05) is 49.9 Å². The monoisotopic (exact) mass is 482 g/mol. The number of piperazine rings is 1. The molecule has 0 aromatic heterocycles. The minimum Gasteiger partial charge on any atom is -0.463 e. The Morgan fingerprint density at radius 2 is 1.82 bits per heavy atom. The van der Waals surface area contributed by atoms with Crippen LogP contribution in [-0.4, -0.2) is 71.6 Å². The molecule has 0 N–H and O–H groups in total. The van der Waals surface area contributed by atoms with Gasteiger partial charge in [-0.05, 0) is 43.3 Å². The topological polar surface area (TPSA) is 65.5 Å². The van der Waals surface area contributed by atoms with Crippen LogP contribution in [0.3, 0.4) is 0 Å². The number of carbonyl (C=O) groups excluding carboxylic acids is 2. The molecule has 3 heterocycles. The standard InChI is InChI=1S/C26H34N4O3S/c1-6-33-25(32)23-18(4)27-26-30(24(23)20-9-7-19(8-10-20)17(2)3)21(16-34-26)15-22(31)29-13-11-28(5)12-14-29/h7-10,16-17,24H,6,11-15H2,1-5H3/t24-/m0/s1. The number of ether oxygens (including phenoxy) is 1. The third kappa shape index (κ3) is 4.93. The molecule has 34 heavy (non-hydrogen) atoms. The van der Waals surface area contributed by atoms with Crippen molar-refractivity contribution in [1.82, 2.24) is 14.7 Å². The smallest absolute Gasteiger partial charge is 0.338 e. The van der Waals surface area contributed by atoms with Gasteiger partial charge in [0.1, 0.15) is 0 Å². The van der Waals surface area contributed by atoms with Crippen LogP contribution in [0.1, 0.15) is 57.2 Å². The molecule has 0 spiro atoms. The largest absolute Gasteiger partial charge is 0.463 e. The number of hydrogen-bond donors (Lipinski definition) is 0. The van der Waals surface area contributed by atoms with E-state index in [1.807, 2.05) is 24.2 Å². The molecule has 0 saturated carbocycles. The molecular weight excluding hydrogens is 448 g/mol. The first-order chi connectivity index (χ1) is 16.3. The van der Waals surface area contributed by atoms with Gasteiger partial charge in [-0.15, -0.1) is 0 Å². The molecule has 3 aliphatic rings. The van der Waals surface area contributed by atoms with Crippen LogP contribution in [0.5, 0.6) is 0 Å². The second-order valence-electron chi connectivity index (χ2n) is 9.30. The predicted molar refractivity (Wildman–Crippen MR) is 136 cm³/mol. The van der Waals surface area contributed by atoms with Crippen molar-refractivity contribution >= 4 is 28.8 Å². The summed E-state index contributed by atoms with van der Waals surface area (Å²) in [5.74, 6) is 0.166. The van der Waals surface area contributed by atoms with Crippen molar-refractivity contribution in [2.24, 2.45) is 4.99 Å². The van der Waals surface area contributed by atoms with Gasteiger partial charge in [-0.2, -0.15) is 0 Å². The van der Waals surface area contributed by atoms with Crippen LogP contribution in [0.15, 0.2) is 51.6 Å². The highest BCUT2D eigenvalue weighted by Gasteiger charge is 2.41. The van der Waals surface area contributed by atoms with Gasteiger partial charge in [0.2, 0.25) is 5.91 Å². The molecule has 1 amide bonds. The average Bonchev–Trinajstić information content (AvgIpc) is 3.20. The lowest BCUT2D eigenvalue weighted by Gasteiger charge is -2.37. The molecule has 0 unspecified atom stereocenters. The summed E-state index contributed by atoms with van der Waals surface area (Å²) in [6, 6.07) is 8.02. The minimum atomic E-state index is -0.380. The molecule has 3 aliphatic heterocycles. The van der Waals surface area contributed by atoms with E-state index in [9.17, 15) is 9.59 Å². The first kappa shape index (κ1) is 24.5. The Labute approximate surface area is 206 Å². The van der Waals surface area contributed by atoms with Crippen LogP contribution in [0.25, 0.3) is 0 Å². The maximum atomic E-state index is 13.2. The van der Waals surface area contributed by atoms with E-state index in [4.69, 9.17) is 9.73 Å². The summed E-state index contributed by atoms with van der Waals surface area (Å²) < 4.78 is 5.44. The van der Waals surface area contributed by atoms with Crippen LogP contribution in [0, 0.1) is 0 Å². The van der Waals surface area contributed by atoms with Gasteiger partial charge in [-0.3, -0.25) is 4.79 Å². The third-order valence-electron chi connectivity index (χ3n) is 6.60. The van der Waals surface area contributed by atoms with Crippen LogP contribution < -0.4 is 0 Å². The van der Waals surface area contributed by atoms with Crippen LogP contribution in [0.4, 0.5) is 0 Å². The molecule has 0 radical (unpaired) electrons. The molecule has 4 rings (SSSR count). The molecule has 1 saturated heterocycles. The fourth-order valence-electron chi connectivity index (χ4n) is 4.54. The number of likely N-dealkylation sites (N-methyl/N-ethyl adjacent to an activating group) is 1. The minimum absolute atomic E-state index is 0.110. The summed E-state index contributed by atoms with van der Waals surface area (Å²) in [4.78, 5) is 37.2. The SMILES string of the molecule is CCOC(=O)C1=C(C)N=C2SC=C(CC(=O)N3CCN(C)CC3)N2[C@H]1c1ccc(C(C)C)cc1. The summed E-state index contributed by atoms with van der Waals surface area (Å²) in [5.41, 5.74) is 4.29. The second kappa shape index (κ2) is 10.4. The van der Waals surface area contributed by atoms with Crippen molar-refractivity contribution in [3.05, 3.63) is 57.8 Å². The van der Waals surface area contributed by atoms with Crippen molar-refractivity contribution in [3.63, 3.8) is 0 Å². The van der Waals surface area contributed by atoms with Crippen LogP contribution >= 0.6 is 11.8 Å². The first-order valence-corrected chi connectivity index (χ1v) is 12.9. The van der Waals surface area contributed by atoms with Gasteiger partial charge in [0.05, 0.1) is 30.3 Å². The van der Waals surface area contributed by atoms with E-state index in [1.165, 1.54) is 17.3 Å². The second-order valence-corrected chi connectivity index (χ2v) is 10.1. The summed E-state index contributed by atoms with van der Waals surface area (Å²) >= 11 is 1.51. The Bertz CT molecular complexity index is 1040. The zero-order valence-corrected chi connectivity index (χ0v) is 21.5. The molecular formula is C26H34N4O3S. The third-order valence-corrected chi connectivity index (χ3v) is 7.49. The molecule has 1 fully saturated rings. The highest BCUT2D eigenvalue weighted by Crippen LogP contribution is 2.45. The number of fused-ring (bicyclic) bond motifs is 1. The van der Waals surface area contributed by atoms with Gasteiger partial charge in [0.15, 0.2) is 5.17 Å². The average molecular weight is 483 g/mol. The van der Waals surface area contributed by atoms with Gasteiger partial charge in [0.25, 0.3) is 0 Å². The lowest BCUT2D eigenvalue weighted by Crippen LogP contribution is -2.47. The molecule has 1 atom stereocenters. The molecule has 8 heteroatoms. The van der Waals surface area contributed by atoms with Crippen molar-refractivity contribution in [2.45, 2.75) is 46.1 Å². The number of aliphatic imine (C=N–C) groups is 1. The van der Waals surface area contributed by atoms with E-state index < -0.39 is 0 Å². The number of thioether (sulfide) groups is 1. The van der Waals surface area contributed by atoms with Crippen molar-refractivity contribution < 1.29 is 14.3 Å². The number of allylic oxidation sites excluding steroid dienone is 1. The number of benzene rings is 1.